The van der Waals surface area contributed by atoms with E-state index in [9.17, 15) is 17.6 Å². The number of nitrogens with zero attached hydrogens (tertiary/aromatic N) is 1. The number of anilines is 1. The number of halogens is 4. The smallest absolute Gasteiger partial charge is 0.180 e. The van der Waals surface area contributed by atoms with Gasteiger partial charge in [0.2, 0.25) is 0 Å². The Balaban J connectivity index is 2.49. The third-order valence-electron chi connectivity index (χ3n) is 2.45. The topological polar surface area (TPSA) is 38.9 Å². The van der Waals surface area contributed by atoms with Crippen LogP contribution >= 0.6 is 11.3 Å². The normalized spacial score (nSPS) is 10.9. The molecule has 0 amide bonds. The minimum absolute atomic E-state index is 0.183. The van der Waals surface area contributed by atoms with Crippen LogP contribution in [0.4, 0.5) is 22.7 Å². The van der Waals surface area contributed by atoms with E-state index in [0.29, 0.717) is 10.6 Å². The molecule has 2 N–H and O–H groups in total. The lowest BCUT2D eigenvalue weighted by Crippen LogP contribution is -2.03. The van der Waals surface area contributed by atoms with Crippen molar-refractivity contribution in [1.29, 1.82) is 0 Å². The van der Waals surface area contributed by atoms with Crippen molar-refractivity contribution in [1.82, 2.24) is 4.98 Å². The van der Waals surface area contributed by atoms with Gasteiger partial charge in [-0.15, -0.1) is 11.3 Å². The quantitative estimate of drug-likeness (QED) is 0.676. The van der Waals surface area contributed by atoms with Crippen LogP contribution in [0.25, 0.3) is 0 Å². The Bertz CT molecular complexity index is 583. The first-order valence-corrected chi connectivity index (χ1v) is 5.75. The standard InChI is InChI=1S/C11H8F4N2S/c1-4-8(18-11(16)17-4)2-5-9(14)6(12)3-7(13)10(5)15/h3H,2H2,1H3,(H2,16,17). The Kier molecular flexibility index (Phi) is 3.25. The van der Waals surface area contributed by atoms with E-state index in [1.807, 2.05) is 0 Å². The highest BCUT2D eigenvalue weighted by Gasteiger charge is 2.20. The van der Waals surface area contributed by atoms with E-state index in [-0.39, 0.29) is 17.6 Å². The number of benzene rings is 1. The molecule has 0 aliphatic rings. The summed E-state index contributed by atoms with van der Waals surface area (Å²) < 4.78 is 52.9. The lowest BCUT2D eigenvalue weighted by atomic mass is 10.1. The summed E-state index contributed by atoms with van der Waals surface area (Å²) in [5.74, 6) is -5.61. The van der Waals surface area contributed by atoms with E-state index in [4.69, 9.17) is 5.73 Å². The minimum atomic E-state index is -1.42. The highest BCUT2D eigenvalue weighted by molar-refractivity contribution is 7.15. The number of hydrogen-bond donors (Lipinski definition) is 1. The van der Waals surface area contributed by atoms with Gasteiger partial charge in [-0.2, -0.15) is 0 Å². The van der Waals surface area contributed by atoms with E-state index in [0.717, 1.165) is 11.3 Å². The van der Waals surface area contributed by atoms with E-state index in [2.05, 4.69) is 4.98 Å². The Morgan fingerprint density at radius 3 is 2.17 bits per heavy atom. The van der Waals surface area contributed by atoms with Crippen molar-refractivity contribution in [2.24, 2.45) is 0 Å². The van der Waals surface area contributed by atoms with E-state index < -0.39 is 28.8 Å². The molecule has 0 atom stereocenters. The molecule has 96 valence electrons. The second-order valence-corrected chi connectivity index (χ2v) is 4.80. The van der Waals surface area contributed by atoms with Gasteiger partial charge in [0.1, 0.15) is 0 Å². The van der Waals surface area contributed by atoms with Crippen LogP contribution in [0.15, 0.2) is 6.07 Å². The molecule has 0 spiro atoms. The number of thiazole rings is 1. The highest BCUT2D eigenvalue weighted by atomic mass is 32.1. The predicted molar refractivity (Wildman–Crippen MR) is 60.3 cm³/mol. The van der Waals surface area contributed by atoms with Crippen molar-refractivity contribution in [3.05, 3.63) is 45.5 Å². The molecular formula is C11H8F4N2S. The molecule has 1 aromatic heterocycles. The molecule has 0 unspecified atom stereocenters. The number of rotatable bonds is 2. The molecule has 2 aromatic rings. The molecule has 0 bridgehead atoms. The monoisotopic (exact) mass is 276 g/mol. The van der Waals surface area contributed by atoms with Crippen LogP contribution in [-0.4, -0.2) is 4.98 Å². The zero-order valence-electron chi connectivity index (χ0n) is 9.23. The fourth-order valence-corrected chi connectivity index (χ4v) is 2.40. The molecule has 1 aromatic carbocycles. The summed E-state index contributed by atoms with van der Waals surface area (Å²) in [6.07, 6.45) is -0.285. The summed E-state index contributed by atoms with van der Waals surface area (Å²) in [5.41, 5.74) is 5.27. The molecular weight excluding hydrogens is 268 g/mol. The van der Waals surface area contributed by atoms with E-state index in [1.165, 1.54) is 0 Å². The average molecular weight is 276 g/mol. The molecule has 18 heavy (non-hydrogen) atoms. The Morgan fingerprint density at radius 2 is 1.72 bits per heavy atom. The molecule has 0 aliphatic carbocycles. The van der Waals surface area contributed by atoms with Crippen LogP contribution in [0, 0.1) is 30.2 Å². The van der Waals surface area contributed by atoms with Crippen LogP contribution in [-0.2, 0) is 6.42 Å². The summed E-state index contributed by atoms with van der Waals surface area (Å²) in [4.78, 5) is 4.34. The van der Waals surface area contributed by atoms with Gasteiger partial charge in [-0.25, -0.2) is 22.5 Å². The molecule has 0 radical (unpaired) electrons. The maximum atomic E-state index is 13.4. The summed E-state index contributed by atoms with van der Waals surface area (Å²) in [6.45, 7) is 1.60. The van der Waals surface area contributed by atoms with E-state index in [1.54, 1.807) is 6.92 Å². The molecule has 0 aliphatic heterocycles. The van der Waals surface area contributed by atoms with Crippen LogP contribution in [0.5, 0.6) is 0 Å². The maximum absolute atomic E-state index is 13.4. The lowest BCUT2D eigenvalue weighted by Gasteiger charge is -2.05. The van der Waals surface area contributed by atoms with Gasteiger partial charge in [0, 0.05) is 22.9 Å². The SMILES string of the molecule is Cc1nc(N)sc1Cc1c(F)c(F)cc(F)c1F. The van der Waals surface area contributed by atoms with Crippen molar-refractivity contribution in [3.63, 3.8) is 0 Å². The average Bonchev–Trinajstić information content (AvgIpc) is 2.61. The number of nitrogens with two attached hydrogens (primary N) is 1. The minimum Gasteiger partial charge on any atom is -0.375 e. The van der Waals surface area contributed by atoms with Crippen molar-refractivity contribution in [2.45, 2.75) is 13.3 Å². The fourth-order valence-electron chi connectivity index (χ4n) is 1.55. The van der Waals surface area contributed by atoms with E-state index >= 15 is 0 Å². The van der Waals surface area contributed by atoms with Gasteiger partial charge in [-0.3, -0.25) is 0 Å². The summed E-state index contributed by atoms with van der Waals surface area (Å²) in [7, 11) is 0. The van der Waals surface area contributed by atoms with Gasteiger partial charge in [0.05, 0.1) is 5.69 Å². The molecule has 7 heteroatoms. The van der Waals surface area contributed by atoms with Crippen LogP contribution in [0.3, 0.4) is 0 Å². The first-order chi connectivity index (χ1) is 8.40. The molecule has 0 saturated carbocycles. The number of nitrogen functional groups attached to an aromatic ring is 1. The van der Waals surface area contributed by atoms with Crippen molar-refractivity contribution < 1.29 is 17.6 Å². The van der Waals surface area contributed by atoms with Crippen LogP contribution < -0.4 is 5.73 Å². The highest BCUT2D eigenvalue weighted by Crippen LogP contribution is 2.27. The summed E-state index contributed by atoms with van der Waals surface area (Å²) in [6, 6.07) is 0.183. The summed E-state index contributed by atoms with van der Waals surface area (Å²) in [5, 5.41) is 0.236. The third kappa shape index (κ3) is 2.17. The third-order valence-corrected chi connectivity index (χ3v) is 3.44. The molecule has 0 saturated heterocycles. The number of hydrogen-bond acceptors (Lipinski definition) is 3. The van der Waals surface area contributed by atoms with Crippen molar-refractivity contribution in [2.75, 3.05) is 5.73 Å². The second-order valence-electron chi connectivity index (χ2n) is 3.68. The van der Waals surface area contributed by atoms with Gasteiger partial charge in [-0.1, -0.05) is 0 Å². The van der Waals surface area contributed by atoms with Gasteiger partial charge < -0.3 is 5.73 Å². The zero-order valence-corrected chi connectivity index (χ0v) is 10.0. The van der Waals surface area contributed by atoms with Gasteiger partial charge in [0.15, 0.2) is 28.4 Å². The van der Waals surface area contributed by atoms with Gasteiger partial charge in [-0.05, 0) is 6.92 Å². The first kappa shape index (κ1) is 12.8. The van der Waals surface area contributed by atoms with Crippen LogP contribution in [0.2, 0.25) is 0 Å². The maximum Gasteiger partial charge on any atom is 0.180 e. The zero-order chi connectivity index (χ0) is 13.4. The lowest BCUT2D eigenvalue weighted by molar-refractivity contribution is 0.442. The predicted octanol–water partition coefficient (Wildman–Crippen LogP) is 3.18. The Morgan fingerprint density at radius 1 is 1.17 bits per heavy atom. The van der Waals surface area contributed by atoms with Gasteiger partial charge in [0.25, 0.3) is 0 Å². The van der Waals surface area contributed by atoms with Crippen LogP contribution in [0.1, 0.15) is 16.1 Å². The fraction of sp³-hybridized carbons (Fsp3) is 0.182. The number of aryl methyl sites for hydroxylation is 1. The van der Waals surface area contributed by atoms with Crippen molar-refractivity contribution >= 4 is 16.5 Å². The molecule has 1 heterocycles. The van der Waals surface area contributed by atoms with Gasteiger partial charge >= 0.3 is 0 Å². The number of aromatic nitrogens is 1. The summed E-state index contributed by atoms with van der Waals surface area (Å²) >= 11 is 1.03. The molecule has 2 rings (SSSR count). The largest absolute Gasteiger partial charge is 0.375 e. The van der Waals surface area contributed by atoms with Crippen molar-refractivity contribution in [3.8, 4) is 0 Å². The first-order valence-electron chi connectivity index (χ1n) is 4.93. The molecule has 2 nitrogen and oxygen atoms in total. The Hall–Kier alpha value is -1.63. The Labute approximate surface area is 104 Å². The molecule has 0 fully saturated rings. The second kappa shape index (κ2) is 4.56.